The van der Waals surface area contributed by atoms with E-state index in [1.165, 1.54) is 23.6 Å². The van der Waals surface area contributed by atoms with Crippen LogP contribution in [0.4, 0.5) is 0 Å². The highest BCUT2D eigenvalue weighted by Crippen LogP contribution is 2.39. The molecule has 0 saturated carbocycles. The third-order valence-corrected chi connectivity index (χ3v) is 6.67. The molecule has 1 N–H and O–H groups in total. The molecule has 0 spiro atoms. The number of aryl methyl sites for hydroxylation is 1. The van der Waals surface area contributed by atoms with Gasteiger partial charge in [0.15, 0.2) is 0 Å². The number of nitrogens with zero attached hydrogens (tertiary/aromatic N) is 3. The van der Waals surface area contributed by atoms with Crippen molar-refractivity contribution < 1.29 is 0 Å². The van der Waals surface area contributed by atoms with E-state index in [0.717, 1.165) is 11.8 Å². The maximum atomic E-state index is 4.08. The monoisotopic (exact) mass is 286 g/mol. The zero-order valence-electron chi connectivity index (χ0n) is 11.3. The first-order valence-corrected chi connectivity index (χ1v) is 8.68. The molecule has 1 fully saturated rings. The lowest BCUT2D eigenvalue weighted by atomic mass is 10.1. The van der Waals surface area contributed by atoms with Crippen LogP contribution in [0.2, 0.25) is 0 Å². The van der Waals surface area contributed by atoms with Gasteiger partial charge in [-0.15, -0.1) is 5.10 Å². The Morgan fingerprint density at radius 3 is 2.83 bits per heavy atom. The van der Waals surface area contributed by atoms with E-state index >= 15 is 0 Å². The molecule has 2 heterocycles. The molecule has 2 rings (SSSR count). The van der Waals surface area contributed by atoms with E-state index in [0.29, 0.717) is 11.3 Å². The first-order chi connectivity index (χ1) is 8.77. The molecular weight excluding hydrogens is 264 g/mol. The maximum absolute atomic E-state index is 4.08. The first-order valence-electron chi connectivity index (χ1n) is 6.59. The fourth-order valence-corrected chi connectivity index (χ4v) is 5.67. The zero-order chi connectivity index (χ0) is 13.0. The summed E-state index contributed by atoms with van der Waals surface area (Å²) in [6.07, 6.45) is 3.13. The van der Waals surface area contributed by atoms with Crippen molar-refractivity contribution in [1.82, 2.24) is 20.3 Å². The van der Waals surface area contributed by atoms with Crippen molar-refractivity contribution >= 4 is 23.5 Å². The van der Waals surface area contributed by atoms with E-state index in [2.05, 4.69) is 53.0 Å². The van der Waals surface area contributed by atoms with E-state index in [1.807, 2.05) is 17.9 Å². The Balaban J connectivity index is 2.20. The number of hydrogen-bond donors (Lipinski definition) is 1. The van der Waals surface area contributed by atoms with Gasteiger partial charge in [0.2, 0.25) is 0 Å². The van der Waals surface area contributed by atoms with Crippen LogP contribution < -0.4 is 5.32 Å². The van der Waals surface area contributed by atoms with Crippen molar-refractivity contribution in [1.29, 1.82) is 0 Å². The highest BCUT2D eigenvalue weighted by molar-refractivity contribution is 8.07. The molecule has 1 aliphatic rings. The summed E-state index contributed by atoms with van der Waals surface area (Å²) in [6, 6.07) is 0.359. The average Bonchev–Trinajstić information content (AvgIpc) is 2.82. The predicted molar refractivity (Wildman–Crippen MR) is 80.2 cm³/mol. The highest BCUT2D eigenvalue weighted by atomic mass is 32.2. The standard InChI is InChI=1S/C12H22N4S2/c1-4-10-12(18-7-6-17-10)11(13-5-2)9-8-14-15-16(9)3/h8,10-13H,4-7H2,1-3H3. The molecule has 4 nitrogen and oxygen atoms in total. The summed E-state index contributed by atoms with van der Waals surface area (Å²) in [5.74, 6) is 2.53. The Labute approximate surface area is 118 Å². The van der Waals surface area contributed by atoms with E-state index in [1.54, 1.807) is 0 Å². The largest absolute Gasteiger partial charge is 0.308 e. The van der Waals surface area contributed by atoms with Crippen molar-refractivity contribution in [3.05, 3.63) is 11.9 Å². The SMILES string of the molecule is CCNC(c1cnnn1C)C1SCCSC1CC. The summed E-state index contributed by atoms with van der Waals surface area (Å²) in [5.41, 5.74) is 1.20. The molecule has 0 aliphatic carbocycles. The van der Waals surface area contributed by atoms with Gasteiger partial charge in [0.1, 0.15) is 0 Å². The second-order valence-corrected chi connectivity index (χ2v) is 7.10. The van der Waals surface area contributed by atoms with Crippen molar-refractivity contribution in [2.24, 2.45) is 7.05 Å². The molecule has 1 aromatic heterocycles. The second-order valence-electron chi connectivity index (χ2n) is 4.47. The number of hydrogen-bond acceptors (Lipinski definition) is 5. The number of rotatable bonds is 5. The maximum Gasteiger partial charge on any atom is 0.0764 e. The van der Waals surface area contributed by atoms with Gasteiger partial charge >= 0.3 is 0 Å². The minimum atomic E-state index is 0.359. The normalized spacial score (nSPS) is 26.2. The van der Waals surface area contributed by atoms with Crippen molar-refractivity contribution in [2.45, 2.75) is 36.8 Å². The molecule has 3 unspecified atom stereocenters. The Morgan fingerprint density at radius 1 is 1.44 bits per heavy atom. The minimum Gasteiger partial charge on any atom is -0.308 e. The van der Waals surface area contributed by atoms with Crippen LogP contribution in [0.25, 0.3) is 0 Å². The molecule has 18 heavy (non-hydrogen) atoms. The summed E-state index contributed by atoms with van der Waals surface area (Å²) >= 11 is 4.22. The summed E-state index contributed by atoms with van der Waals surface area (Å²) in [5, 5.41) is 13.1. The molecule has 6 heteroatoms. The van der Waals surface area contributed by atoms with Crippen LogP contribution in [0.1, 0.15) is 32.0 Å². The number of nitrogens with one attached hydrogen (secondary N) is 1. The van der Waals surface area contributed by atoms with E-state index in [9.17, 15) is 0 Å². The van der Waals surface area contributed by atoms with Crippen molar-refractivity contribution in [2.75, 3.05) is 18.1 Å². The third kappa shape index (κ3) is 3.03. The second kappa shape index (κ2) is 6.82. The predicted octanol–water partition coefficient (Wildman–Crippen LogP) is 2.09. The van der Waals surface area contributed by atoms with Gasteiger partial charge in [-0.1, -0.05) is 19.1 Å². The third-order valence-electron chi connectivity index (χ3n) is 3.32. The Bertz CT molecular complexity index is 369. The Kier molecular flexibility index (Phi) is 5.38. The smallest absolute Gasteiger partial charge is 0.0764 e. The molecule has 1 aliphatic heterocycles. The molecule has 0 aromatic carbocycles. The highest BCUT2D eigenvalue weighted by Gasteiger charge is 2.34. The van der Waals surface area contributed by atoms with Crippen LogP contribution in [0, 0.1) is 0 Å². The fraction of sp³-hybridized carbons (Fsp3) is 0.833. The number of aromatic nitrogens is 3. The number of thioether (sulfide) groups is 2. The van der Waals surface area contributed by atoms with Gasteiger partial charge < -0.3 is 5.32 Å². The molecule has 0 radical (unpaired) electrons. The van der Waals surface area contributed by atoms with Crippen molar-refractivity contribution in [3.8, 4) is 0 Å². The lowest BCUT2D eigenvalue weighted by molar-refractivity contribution is 0.479. The quantitative estimate of drug-likeness (QED) is 0.898. The minimum absolute atomic E-state index is 0.359. The summed E-state index contributed by atoms with van der Waals surface area (Å²) in [7, 11) is 1.98. The van der Waals surface area contributed by atoms with Crippen LogP contribution in [0.5, 0.6) is 0 Å². The van der Waals surface area contributed by atoms with Crippen LogP contribution in [0.3, 0.4) is 0 Å². The van der Waals surface area contributed by atoms with Crippen molar-refractivity contribution in [3.63, 3.8) is 0 Å². The van der Waals surface area contributed by atoms with Gasteiger partial charge in [-0.25, -0.2) is 0 Å². The summed E-state index contributed by atoms with van der Waals surface area (Å²) in [4.78, 5) is 0. The first kappa shape index (κ1) is 14.2. The Morgan fingerprint density at radius 2 is 2.22 bits per heavy atom. The molecular formula is C12H22N4S2. The fourth-order valence-electron chi connectivity index (χ4n) is 2.44. The van der Waals surface area contributed by atoms with Crippen LogP contribution in [-0.2, 0) is 7.05 Å². The summed E-state index contributed by atoms with van der Waals surface area (Å²) in [6.45, 7) is 5.44. The summed E-state index contributed by atoms with van der Waals surface area (Å²) < 4.78 is 1.90. The molecule has 3 atom stereocenters. The van der Waals surface area contributed by atoms with Gasteiger partial charge in [0.25, 0.3) is 0 Å². The van der Waals surface area contributed by atoms with Crippen LogP contribution in [0.15, 0.2) is 6.20 Å². The molecule has 0 bridgehead atoms. The lowest BCUT2D eigenvalue weighted by Crippen LogP contribution is -2.39. The Hall–Kier alpha value is -0.200. The molecule has 102 valence electrons. The van der Waals surface area contributed by atoms with Gasteiger partial charge in [-0.05, 0) is 13.0 Å². The van der Waals surface area contributed by atoms with E-state index in [-0.39, 0.29) is 0 Å². The molecule has 0 amide bonds. The van der Waals surface area contributed by atoms with Gasteiger partial charge in [-0.3, -0.25) is 4.68 Å². The molecule has 1 aromatic rings. The van der Waals surface area contributed by atoms with E-state index in [4.69, 9.17) is 0 Å². The van der Waals surface area contributed by atoms with Crippen LogP contribution in [-0.4, -0.2) is 43.5 Å². The van der Waals surface area contributed by atoms with Gasteiger partial charge in [0, 0.05) is 29.1 Å². The average molecular weight is 286 g/mol. The topological polar surface area (TPSA) is 42.7 Å². The van der Waals surface area contributed by atoms with Gasteiger partial charge in [-0.2, -0.15) is 23.5 Å². The molecule has 1 saturated heterocycles. The lowest BCUT2D eigenvalue weighted by Gasteiger charge is -2.36. The van der Waals surface area contributed by atoms with Gasteiger partial charge in [0.05, 0.1) is 17.9 Å². The zero-order valence-corrected chi connectivity index (χ0v) is 12.9. The van der Waals surface area contributed by atoms with E-state index < -0.39 is 0 Å². The van der Waals surface area contributed by atoms with Crippen LogP contribution >= 0.6 is 23.5 Å².